The maximum atomic E-state index is 13.2. The van der Waals surface area contributed by atoms with Gasteiger partial charge < -0.3 is 36.0 Å². The van der Waals surface area contributed by atoms with Crippen molar-refractivity contribution in [1.29, 1.82) is 0 Å². The van der Waals surface area contributed by atoms with Crippen LogP contribution < -0.4 is 21.0 Å². The normalized spacial score (nSPS) is 14.6. The van der Waals surface area contributed by atoms with Gasteiger partial charge in [0, 0.05) is 37.1 Å². The minimum Gasteiger partial charge on any atom is -0.535 e. The lowest BCUT2D eigenvalue weighted by atomic mass is 9.64. The first-order chi connectivity index (χ1) is 19.2. The molecule has 2 amide bonds. The van der Waals surface area contributed by atoms with Crippen molar-refractivity contribution in [3.8, 4) is 5.75 Å². The molecule has 13 nitrogen and oxygen atoms in total. The molecule has 1 aliphatic heterocycles. The van der Waals surface area contributed by atoms with E-state index in [4.69, 9.17) is 15.2 Å². The standard InChI is InChI=1S/C25H32BN5O8S/c1-2-20(33)28-9-4-3-5-10-29-21(34)13-38-31-22(18-14-40-25(27)30-18)19(32)12-16-11-15-7-6-8-17(24(35)36)23(15)39-26(16)37/h6-8,14,16,37H,2-5,9-13H2,1H3,(H2,27,30)(H,28,33)(H,29,34)(H,35,36)/b31-22-/t16-/m1/s1. The van der Waals surface area contributed by atoms with Gasteiger partial charge in [-0.2, -0.15) is 0 Å². The molecule has 2 heterocycles. The van der Waals surface area contributed by atoms with E-state index in [-0.39, 0.29) is 46.6 Å². The van der Waals surface area contributed by atoms with Crippen LogP contribution in [0.4, 0.5) is 5.13 Å². The fraction of sp³-hybridized carbons (Fsp3) is 0.440. The van der Waals surface area contributed by atoms with Crippen LogP contribution in [-0.2, 0) is 25.6 Å². The van der Waals surface area contributed by atoms with Crippen LogP contribution in [0.15, 0.2) is 28.7 Å². The average molecular weight is 573 g/mol. The highest BCUT2D eigenvalue weighted by Gasteiger charge is 2.39. The third-order valence-corrected chi connectivity index (χ3v) is 6.77. The summed E-state index contributed by atoms with van der Waals surface area (Å²) in [6.45, 7) is 2.38. The fourth-order valence-electron chi connectivity index (χ4n) is 4.01. The second kappa shape index (κ2) is 15.0. The molecule has 1 aromatic heterocycles. The molecular weight excluding hydrogens is 541 g/mol. The molecular formula is C25H32BN5O8S. The highest BCUT2D eigenvalue weighted by molar-refractivity contribution is 7.13. The summed E-state index contributed by atoms with van der Waals surface area (Å²) in [4.78, 5) is 57.3. The highest BCUT2D eigenvalue weighted by atomic mass is 32.1. The molecule has 0 radical (unpaired) electrons. The van der Waals surface area contributed by atoms with Gasteiger partial charge in [0.15, 0.2) is 23.2 Å². The number of nitrogen functional groups attached to an aromatic ring is 1. The van der Waals surface area contributed by atoms with E-state index in [0.717, 1.165) is 30.6 Å². The Morgan fingerprint density at radius 1 is 1.20 bits per heavy atom. The Balaban J connectivity index is 1.54. The molecule has 6 N–H and O–H groups in total. The third kappa shape index (κ3) is 8.78. The van der Waals surface area contributed by atoms with E-state index in [1.165, 1.54) is 11.4 Å². The van der Waals surface area contributed by atoms with E-state index < -0.39 is 37.2 Å². The Morgan fingerprint density at radius 3 is 2.58 bits per heavy atom. The van der Waals surface area contributed by atoms with Crippen LogP contribution in [0, 0.1) is 0 Å². The van der Waals surface area contributed by atoms with E-state index in [0.29, 0.717) is 25.1 Å². The minimum atomic E-state index is -1.42. The topological polar surface area (TPSA) is 203 Å². The molecule has 0 aliphatic carbocycles. The number of fused-ring (bicyclic) bond motifs is 1. The maximum Gasteiger partial charge on any atom is 0.526 e. The van der Waals surface area contributed by atoms with Gasteiger partial charge in [-0.25, -0.2) is 9.78 Å². The molecule has 40 heavy (non-hydrogen) atoms. The number of carbonyl (C=O) groups excluding carboxylic acids is 3. The number of Topliss-reactive ketones (excluding diaryl/α,β-unsaturated/α-hetero) is 1. The number of oxime groups is 1. The molecule has 1 atom stereocenters. The number of thiazole rings is 1. The first-order valence-corrected chi connectivity index (χ1v) is 13.7. The van der Waals surface area contributed by atoms with Crippen molar-refractivity contribution in [2.24, 2.45) is 5.16 Å². The van der Waals surface area contributed by atoms with Gasteiger partial charge >= 0.3 is 13.1 Å². The van der Waals surface area contributed by atoms with Gasteiger partial charge in [-0.15, -0.1) is 11.3 Å². The van der Waals surface area contributed by atoms with Crippen molar-refractivity contribution >= 4 is 52.9 Å². The molecule has 0 saturated carbocycles. The molecule has 3 rings (SSSR count). The number of nitrogens with one attached hydrogen (secondary N) is 2. The number of nitrogens with zero attached hydrogens (tertiary/aromatic N) is 2. The molecule has 0 unspecified atom stereocenters. The minimum absolute atomic E-state index is 0.00658. The molecule has 1 aliphatic rings. The van der Waals surface area contributed by atoms with E-state index in [2.05, 4.69) is 20.8 Å². The lowest BCUT2D eigenvalue weighted by molar-refractivity contribution is -0.126. The summed E-state index contributed by atoms with van der Waals surface area (Å²) in [5, 5.41) is 31.0. The summed E-state index contributed by atoms with van der Waals surface area (Å²) < 4.78 is 5.47. The zero-order valence-electron chi connectivity index (χ0n) is 22.1. The van der Waals surface area contributed by atoms with Gasteiger partial charge in [0.2, 0.25) is 5.91 Å². The van der Waals surface area contributed by atoms with Crippen LogP contribution in [0.5, 0.6) is 5.75 Å². The number of hydrogen-bond donors (Lipinski definition) is 5. The largest absolute Gasteiger partial charge is 0.535 e. The van der Waals surface area contributed by atoms with E-state index in [9.17, 15) is 29.3 Å². The number of hydrogen-bond acceptors (Lipinski definition) is 11. The molecule has 214 valence electrons. The van der Waals surface area contributed by atoms with E-state index in [1.807, 2.05) is 0 Å². The lowest BCUT2D eigenvalue weighted by Crippen LogP contribution is -2.37. The zero-order chi connectivity index (χ0) is 29.1. The number of unbranched alkanes of at least 4 members (excludes halogenated alkanes) is 2. The number of amides is 2. The summed E-state index contributed by atoms with van der Waals surface area (Å²) >= 11 is 1.10. The Bertz CT molecular complexity index is 1250. The second-order valence-electron chi connectivity index (χ2n) is 9.10. The van der Waals surface area contributed by atoms with Crippen LogP contribution in [-0.4, -0.2) is 71.2 Å². The Labute approximate surface area is 235 Å². The van der Waals surface area contributed by atoms with Crippen molar-refractivity contribution in [2.45, 2.75) is 51.3 Å². The van der Waals surface area contributed by atoms with Gasteiger partial charge in [-0.05, 0) is 37.3 Å². The van der Waals surface area contributed by atoms with Gasteiger partial charge in [0.05, 0.1) is 5.56 Å². The number of carboxylic acid groups (broad SMARTS) is 1. The molecule has 0 bridgehead atoms. The monoisotopic (exact) mass is 573 g/mol. The van der Waals surface area contributed by atoms with E-state index >= 15 is 0 Å². The average Bonchev–Trinajstić information content (AvgIpc) is 3.35. The number of para-hydroxylation sites is 1. The quantitative estimate of drug-likeness (QED) is 0.0897. The van der Waals surface area contributed by atoms with Crippen molar-refractivity contribution in [3.05, 3.63) is 40.4 Å². The number of aromatic carboxylic acids is 1. The van der Waals surface area contributed by atoms with Gasteiger partial charge in [0.1, 0.15) is 11.4 Å². The molecule has 0 fully saturated rings. The fourth-order valence-corrected chi connectivity index (χ4v) is 4.56. The predicted molar refractivity (Wildman–Crippen MR) is 148 cm³/mol. The summed E-state index contributed by atoms with van der Waals surface area (Å²) in [7, 11) is -1.42. The van der Waals surface area contributed by atoms with Gasteiger partial charge in [-0.1, -0.05) is 24.2 Å². The van der Waals surface area contributed by atoms with Crippen LogP contribution in [0.2, 0.25) is 5.82 Å². The first-order valence-electron chi connectivity index (χ1n) is 12.9. The molecule has 2 aromatic rings. The second-order valence-corrected chi connectivity index (χ2v) is 9.99. The molecule has 0 spiro atoms. The number of ketones is 1. The number of aromatic nitrogens is 1. The zero-order valence-corrected chi connectivity index (χ0v) is 22.9. The van der Waals surface area contributed by atoms with E-state index in [1.54, 1.807) is 19.1 Å². The number of carbonyl (C=O) groups is 4. The molecule has 0 saturated heterocycles. The lowest BCUT2D eigenvalue weighted by Gasteiger charge is -2.28. The molecule has 15 heteroatoms. The predicted octanol–water partition coefficient (Wildman–Crippen LogP) is 1.40. The Morgan fingerprint density at radius 2 is 1.93 bits per heavy atom. The van der Waals surface area contributed by atoms with Crippen LogP contribution in [0.1, 0.15) is 60.6 Å². The van der Waals surface area contributed by atoms with Gasteiger partial charge in [-0.3, -0.25) is 14.4 Å². The Hall–Kier alpha value is -3.98. The van der Waals surface area contributed by atoms with Crippen LogP contribution in [0.3, 0.4) is 0 Å². The highest BCUT2D eigenvalue weighted by Crippen LogP contribution is 2.36. The van der Waals surface area contributed by atoms with Crippen LogP contribution in [0.25, 0.3) is 0 Å². The summed E-state index contributed by atoms with van der Waals surface area (Å²) in [6, 6.07) is 4.62. The van der Waals surface area contributed by atoms with Gasteiger partial charge in [0.25, 0.3) is 5.91 Å². The summed E-state index contributed by atoms with van der Waals surface area (Å²) in [6.07, 6.45) is 2.79. The SMILES string of the molecule is CCC(=O)NCCCCCNC(=O)CO/N=C(\C(=O)C[C@H]1Cc2cccc(C(=O)O)c2OB1O)c1csc(N)n1. The number of carboxylic acids is 1. The van der Waals surface area contributed by atoms with Crippen LogP contribution >= 0.6 is 11.3 Å². The Kier molecular flexibility index (Phi) is 11.4. The van der Waals surface area contributed by atoms with Crippen molar-refractivity contribution in [1.82, 2.24) is 15.6 Å². The molecule has 1 aromatic carbocycles. The number of nitrogens with two attached hydrogens (primary N) is 1. The first kappa shape index (κ1) is 30.6. The van der Waals surface area contributed by atoms with Crippen molar-refractivity contribution in [2.75, 3.05) is 25.4 Å². The summed E-state index contributed by atoms with van der Waals surface area (Å²) in [5.41, 5.74) is 6.21. The van der Waals surface area contributed by atoms with Crippen molar-refractivity contribution < 1.29 is 38.8 Å². The van der Waals surface area contributed by atoms with Crippen molar-refractivity contribution in [3.63, 3.8) is 0 Å². The number of benzene rings is 1. The summed E-state index contributed by atoms with van der Waals surface area (Å²) in [5.74, 6) is -2.74. The maximum absolute atomic E-state index is 13.2. The number of anilines is 1. The smallest absolute Gasteiger partial charge is 0.526 e. The third-order valence-electron chi connectivity index (χ3n) is 6.10. The number of rotatable bonds is 15.